The highest BCUT2D eigenvalue weighted by atomic mass is 16.3. The lowest BCUT2D eigenvalue weighted by atomic mass is 10.2. The molecule has 1 aromatic carbocycles. The number of nitrogens with zero attached hydrogens (tertiary/aromatic N) is 1. The van der Waals surface area contributed by atoms with Crippen LogP contribution in [0.1, 0.15) is 38.7 Å². The average Bonchev–Trinajstić information content (AvgIpc) is 3.35. The Kier molecular flexibility index (Phi) is 6.13. The van der Waals surface area contributed by atoms with E-state index in [9.17, 15) is 14.4 Å². The van der Waals surface area contributed by atoms with Crippen molar-refractivity contribution in [1.29, 1.82) is 0 Å². The van der Waals surface area contributed by atoms with E-state index in [1.807, 2.05) is 48.7 Å². The van der Waals surface area contributed by atoms with Crippen LogP contribution in [-0.2, 0) is 4.79 Å². The Bertz CT molecular complexity index is 1010. The molecule has 3 aromatic rings. The molecule has 0 bridgehead atoms. The zero-order valence-electron chi connectivity index (χ0n) is 16.2. The maximum absolute atomic E-state index is 12.5. The Balaban J connectivity index is 1.52. The van der Waals surface area contributed by atoms with Crippen molar-refractivity contribution in [1.82, 2.24) is 20.7 Å². The van der Waals surface area contributed by atoms with E-state index in [2.05, 4.69) is 16.2 Å². The first-order valence-corrected chi connectivity index (χ1v) is 9.12. The number of aromatic nitrogens is 1. The third kappa shape index (κ3) is 4.73. The van der Waals surface area contributed by atoms with Crippen molar-refractivity contribution in [3.8, 4) is 5.69 Å². The van der Waals surface area contributed by atoms with E-state index < -0.39 is 17.7 Å². The van der Waals surface area contributed by atoms with Crippen LogP contribution in [0.5, 0.6) is 0 Å². The van der Waals surface area contributed by atoms with Gasteiger partial charge in [0, 0.05) is 30.0 Å². The molecule has 29 heavy (non-hydrogen) atoms. The molecular formula is C21H22N4O4. The summed E-state index contributed by atoms with van der Waals surface area (Å²) in [5.74, 6) is -1.06. The summed E-state index contributed by atoms with van der Waals surface area (Å²) in [6.07, 6.45) is 1.40. The second-order valence-electron chi connectivity index (χ2n) is 6.44. The van der Waals surface area contributed by atoms with Gasteiger partial charge in [0.15, 0.2) is 5.76 Å². The zero-order chi connectivity index (χ0) is 20.8. The largest absolute Gasteiger partial charge is 0.459 e. The van der Waals surface area contributed by atoms with E-state index in [4.69, 9.17) is 4.42 Å². The number of carbonyl (C=O) groups is 3. The van der Waals surface area contributed by atoms with Crippen molar-refractivity contribution >= 4 is 17.7 Å². The second-order valence-corrected chi connectivity index (χ2v) is 6.44. The van der Waals surface area contributed by atoms with Crippen LogP contribution in [0.4, 0.5) is 0 Å². The predicted octanol–water partition coefficient (Wildman–Crippen LogP) is 2.27. The Morgan fingerprint density at radius 3 is 2.41 bits per heavy atom. The van der Waals surface area contributed by atoms with Gasteiger partial charge in [-0.2, -0.15) is 0 Å². The Hall–Kier alpha value is -3.81. The first-order valence-electron chi connectivity index (χ1n) is 9.12. The highest BCUT2D eigenvalue weighted by Gasteiger charge is 2.17. The van der Waals surface area contributed by atoms with Gasteiger partial charge in [0.1, 0.15) is 0 Å². The van der Waals surface area contributed by atoms with Crippen LogP contribution in [0.2, 0.25) is 0 Å². The fourth-order valence-electron chi connectivity index (χ4n) is 3.01. The van der Waals surface area contributed by atoms with Gasteiger partial charge in [-0.3, -0.25) is 25.2 Å². The van der Waals surface area contributed by atoms with Crippen molar-refractivity contribution in [2.75, 3.05) is 6.54 Å². The first-order chi connectivity index (χ1) is 14.0. The number of benzene rings is 1. The van der Waals surface area contributed by atoms with Gasteiger partial charge in [0.25, 0.3) is 11.8 Å². The minimum atomic E-state index is -0.421. The van der Waals surface area contributed by atoms with Crippen molar-refractivity contribution in [2.24, 2.45) is 0 Å². The molecule has 3 rings (SSSR count). The molecule has 3 N–H and O–H groups in total. The van der Waals surface area contributed by atoms with E-state index in [1.165, 1.54) is 12.3 Å². The maximum Gasteiger partial charge on any atom is 0.286 e. The Labute approximate surface area is 167 Å². The third-order valence-electron chi connectivity index (χ3n) is 4.39. The third-order valence-corrected chi connectivity index (χ3v) is 4.39. The van der Waals surface area contributed by atoms with Gasteiger partial charge in [0.2, 0.25) is 5.91 Å². The number of carbonyl (C=O) groups excluding carboxylic acids is 3. The molecule has 0 unspecified atom stereocenters. The second kappa shape index (κ2) is 8.92. The molecule has 2 heterocycles. The molecule has 150 valence electrons. The number of rotatable bonds is 6. The number of hydrazine groups is 1. The van der Waals surface area contributed by atoms with Crippen LogP contribution in [0, 0.1) is 13.8 Å². The fourth-order valence-corrected chi connectivity index (χ4v) is 3.01. The normalized spacial score (nSPS) is 10.4. The van der Waals surface area contributed by atoms with Gasteiger partial charge in [0.05, 0.1) is 11.8 Å². The summed E-state index contributed by atoms with van der Waals surface area (Å²) in [5, 5.41) is 2.56. The van der Waals surface area contributed by atoms with Crippen LogP contribution >= 0.6 is 0 Å². The average molecular weight is 394 g/mol. The quantitative estimate of drug-likeness (QED) is 0.558. The van der Waals surface area contributed by atoms with Crippen LogP contribution in [0.15, 0.2) is 59.2 Å². The van der Waals surface area contributed by atoms with Gasteiger partial charge in [-0.1, -0.05) is 18.2 Å². The number of aryl methyl sites for hydroxylation is 1. The molecule has 0 aliphatic heterocycles. The molecule has 2 aromatic heterocycles. The fraction of sp³-hybridized carbons (Fsp3) is 0.190. The lowest BCUT2D eigenvalue weighted by Gasteiger charge is -2.10. The van der Waals surface area contributed by atoms with Crippen molar-refractivity contribution in [3.05, 3.63) is 77.5 Å². The molecule has 8 heteroatoms. The highest BCUT2D eigenvalue weighted by molar-refractivity contribution is 5.97. The standard InChI is InChI=1S/C21H22N4O4/c1-14-13-17(15(2)25(14)16-7-4-3-5-8-16)20(27)24-23-19(26)10-11-22-21(28)18-9-6-12-29-18/h3-9,12-13H,10-11H2,1-2H3,(H,22,28)(H,23,26)(H,24,27). The van der Waals surface area contributed by atoms with E-state index in [0.29, 0.717) is 5.56 Å². The highest BCUT2D eigenvalue weighted by Crippen LogP contribution is 2.20. The minimum absolute atomic E-state index is 0.00969. The summed E-state index contributed by atoms with van der Waals surface area (Å²) in [6.45, 7) is 3.88. The van der Waals surface area contributed by atoms with Crippen LogP contribution in [-0.4, -0.2) is 28.8 Å². The number of furan rings is 1. The molecule has 0 aliphatic rings. The topological polar surface area (TPSA) is 105 Å². The van der Waals surface area contributed by atoms with Crippen molar-refractivity contribution in [2.45, 2.75) is 20.3 Å². The Morgan fingerprint density at radius 1 is 0.966 bits per heavy atom. The number of nitrogens with one attached hydrogen (secondary N) is 3. The zero-order valence-corrected chi connectivity index (χ0v) is 16.2. The molecule has 3 amide bonds. The lowest BCUT2D eigenvalue weighted by molar-refractivity contribution is -0.121. The molecule has 0 saturated heterocycles. The van der Waals surface area contributed by atoms with Gasteiger partial charge in [-0.15, -0.1) is 0 Å². The summed E-state index contributed by atoms with van der Waals surface area (Å²) < 4.78 is 6.94. The molecule has 8 nitrogen and oxygen atoms in total. The first kappa shape index (κ1) is 19.9. The molecule has 0 aliphatic carbocycles. The predicted molar refractivity (Wildman–Crippen MR) is 107 cm³/mol. The molecule has 0 spiro atoms. The number of hydrogen-bond donors (Lipinski definition) is 3. The minimum Gasteiger partial charge on any atom is -0.459 e. The van der Waals surface area contributed by atoms with E-state index in [1.54, 1.807) is 12.1 Å². The maximum atomic E-state index is 12.5. The van der Waals surface area contributed by atoms with E-state index >= 15 is 0 Å². The molecule has 0 atom stereocenters. The van der Waals surface area contributed by atoms with Crippen LogP contribution < -0.4 is 16.2 Å². The number of hydrogen-bond acceptors (Lipinski definition) is 4. The van der Waals surface area contributed by atoms with Crippen LogP contribution in [0.25, 0.3) is 5.69 Å². The van der Waals surface area contributed by atoms with Crippen molar-refractivity contribution < 1.29 is 18.8 Å². The molecule has 0 saturated carbocycles. The summed E-state index contributed by atoms with van der Waals surface area (Å²) in [5.41, 5.74) is 7.88. The summed E-state index contributed by atoms with van der Waals surface area (Å²) in [4.78, 5) is 36.1. The monoisotopic (exact) mass is 394 g/mol. The summed E-state index contributed by atoms with van der Waals surface area (Å²) >= 11 is 0. The van der Waals surface area contributed by atoms with Crippen molar-refractivity contribution in [3.63, 3.8) is 0 Å². The summed E-state index contributed by atoms with van der Waals surface area (Å²) in [6, 6.07) is 14.6. The molecule has 0 fully saturated rings. The smallest absolute Gasteiger partial charge is 0.286 e. The van der Waals surface area contributed by atoms with Crippen LogP contribution in [0.3, 0.4) is 0 Å². The Morgan fingerprint density at radius 2 is 1.72 bits per heavy atom. The SMILES string of the molecule is Cc1cc(C(=O)NNC(=O)CCNC(=O)c2ccco2)c(C)n1-c1ccccc1. The number of para-hydroxylation sites is 1. The summed E-state index contributed by atoms with van der Waals surface area (Å²) in [7, 11) is 0. The van der Waals surface area contributed by atoms with E-state index in [0.717, 1.165) is 17.1 Å². The number of amides is 3. The van der Waals surface area contributed by atoms with Gasteiger partial charge in [-0.25, -0.2) is 0 Å². The lowest BCUT2D eigenvalue weighted by Crippen LogP contribution is -2.43. The van der Waals surface area contributed by atoms with Gasteiger partial charge in [-0.05, 0) is 44.2 Å². The molecular weight excluding hydrogens is 372 g/mol. The van der Waals surface area contributed by atoms with Gasteiger partial charge >= 0.3 is 0 Å². The van der Waals surface area contributed by atoms with Gasteiger partial charge < -0.3 is 14.3 Å². The van der Waals surface area contributed by atoms with E-state index in [-0.39, 0.29) is 18.7 Å². The molecule has 0 radical (unpaired) electrons.